The lowest BCUT2D eigenvalue weighted by Crippen LogP contribution is -2.43. The molecule has 1 aliphatic rings. The molecule has 0 radical (unpaired) electrons. The Bertz CT molecular complexity index is 1170. The van der Waals surface area contributed by atoms with Gasteiger partial charge in [0.2, 0.25) is 0 Å². The van der Waals surface area contributed by atoms with E-state index in [-0.39, 0.29) is 41.0 Å². The van der Waals surface area contributed by atoms with Crippen molar-refractivity contribution in [3.05, 3.63) is 65.7 Å². The molecule has 172 valence electrons. The molecular formula is C23H23F3N6O. The summed E-state index contributed by atoms with van der Waals surface area (Å²) in [4.78, 5) is 27.6. The molecule has 1 atom stereocenters. The summed E-state index contributed by atoms with van der Waals surface area (Å²) in [7, 11) is 0. The molecule has 1 saturated heterocycles. The third kappa shape index (κ3) is 5.11. The average molecular weight is 456 g/mol. The molecule has 4 rings (SSSR count). The number of ketones is 1. The van der Waals surface area contributed by atoms with Crippen molar-refractivity contribution in [3.8, 4) is 11.4 Å². The predicted molar refractivity (Wildman–Crippen MR) is 119 cm³/mol. The quantitative estimate of drug-likeness (QED) is 0.566. The highest BCUT2D eigenvalue weighted by atomic mass is 19.4. The number of hydrogen-bond donors (Lipinski definition) is 2. The maximum Gasteiger partial charge on any atom is 0.416 e. The smallest absolute Gasteiger partial charge is 0.397 e. The number of rotatable bonds is 5. The van der Waals surface area contributed by atoms with E-state index in [0.29, 0.717) is 12.1 Å². The molecule has 0 bridgehead atoms. The summed E-state index contributed by atoms with van der Waals surface area (Å²) < 4.78 is 39.2. The highest BCUT2D eigenvalue weighted by Gasteiger charge is 2.31. The zero-order chi connectivity index (χ0) is 23.6. The summed E-state index contributed by atoms with van der Waals surface area (Å²) in [6.07, 6.45) is 1.73. The van der Waals surface area contributed by atoms with Crippen LogP contribution < -0.4 is 16.4 Å². The predicted octanol–water partition coefficient (Wildman–Crippen LogP) is 3.49. The number of aromatic nitrogens is 3. The van der Waals surface area contributed by atoms with Gasteiger partial charge in [-0.1, -0.05) is 0 Å². The van der Waals surface area contributed by atoms with Gasteiger partial charge in [-0.25, -0.2) is 4.98 Å². The molecule has 3 aromatic heterocycles. The van der Waals surface area contributed by atoms with Gasteiger partial charge >= 0.3 is 6.18 Å². The third-order valence-electron chi connectivity index (χ3n) is 5.57. The number of piperidine rings is 1. The number of Topliss-reactive ketones (excluding diaryl/α,β-unsaturated/α-hetero) is 1. The number of alkyl halides is 3. The van der Waals surface area contributed by atoms with Crippen LogP contribution in [-0.4, -0.2) is 39.9 Å². The first-order valence-electron chi connectivity index (χ1n) is 10.5. The Morgan fingerprint density at radius 1 is 1.15 bits per heavy atom. The minimum absolute atomic E-state index is 0.00301. The molecule has 4 heterocycles. The first-order valence-corrected chi connectivity index (χ1v) is 10.5. The second-order valence-electron chi connectivity index (χ2n) is 8.01. The molecule has 10 heteroatoms. The fraction of sp³-hybridized carbons (Fsp3) is 0.304. The Morgan fingerprint density at radius 3 is 2.73 bits per heavy atom. The van der Waals surface area contributed by atoms with Crippen LogP contribution in [0.5, 0.6) is 0 Å². The van der Waals surface area contributed by atoms with E-state index in [1.807, 2.05) is 6.07 Å². The van der Waals surface area contributed by atoms with Crippen molar-refractivity contribution in [2.45, 2.75) is 31.5 Å². The summed E-state index contributed by atoms with van der Waals surface area (Å²) in [5.41, 5.74) is 13.1. The van der Waals surface area contributed by atoms with Crippen LogP contribution in [0, 0.1) is 0 Å². The van der Waals surface area contributed by atoms with Crippen molar-refractivity contribution < 1.29 is 18.0 Å². The first kappa shape index (κ1) is 22.7. The van der Waals surface area contributed by atoms with Gasteiger partial charge in [0.15, 0.2) is 5.78 Å². The van der Waals surface area contributed by atoms with E-state index in [1.165, 1.54) is 12.1 Å². The largest absolute Gasteiger partial charge is 0.416 e. The molecule has 0 spiro atoms. The molecule has 0 amide bonds. The Labute approximate surface area is 188 Å². The molecule has 7 nitrogen and oxygen atoms in total. The standard InChI is InChI=1S/C23H23F3N6O/c24-23(25,26)15-5-8-30-19(11-15)18-4-3-17(28)22(31-18)21(33)10-14-12-29-7-6-20(14)32-9-1-2-16(27)13-32/h3-8,11-12,16H,1-2,9-10,13,27-28H2/t16-/m0/s1. The molecule has 4 N–H and O–H groups in total. The molecule has 0 saturated carbocycles. The Balaban J connectivity index is 1.62. The monoisotopic (exact) mass is 456 g/mol. The minimum atomic E-state index is -4.52. The van der Waals surface area contributed by atoms with E-state index in [1.54, 1.807) is 12.4 Å². The molecule has 1 aliphatic heterocycles. The number of carbonyl (C=O) groups is 1. The molecule has 3 aromatic rings. The lowest BCUT2D eigenvalue weighted by atomic mass is 10.0. The summed E-state index contributed by atoms with van der Waals surface area (Å²) in [5, 5.41) is 0. The van der Waals surface area contributed by atoms with E-state index >= 15 is 0 Å². The zero-order valence-electron chi connectivity index (χ0n) is 17.7. The Hall–Kier alpha value is -3.53. The topological polar surface area (TPSA) is 111 Å². The van der Waals surface area contributed by atoms with Gasteiger partial charge in [-0.15, -0.1) is 0 Å². The van der Waals surface area contributed by atoms with Crippen LogP contribution in [0.15, 0.2) is 48.9 Å². The molecule has 0 unspecified atom stereocenters. The van der Waals surface area contributed by atoms with Crippen molar-refractivity contribution in [2.75, 3.05) is 23.7 Å². The van der Waals surface area contributed by atoms with E-state index in [0.717, 1.165) is 43.4 Å². The van der Waals surface area contributed by atoms with Crippen molar-refractivity contribution in [1.82, 2.24) is 15.0 Å². The normalized spacial score (nSPS) is 16.6. The van der Waals surface area contributed by atoms with Crippen molar-refractivity contribution in [1.29, 1.82) is 0 Å². The van der Waals surface area contributed by atoms with Gasteiger partial charge in [-0.05, 0) is 43.2 Å². The van der Waals surface area contributed by atoms with E-state index in [2.05, 4.69) is 19.9 Å². The van der Waals surface area contributed by atoms with Gasteiger partial charge < -0.3 is 16.4 Å². The van der Waals surface area contributed by atoms with Gasteiger partial charge in [0.25, 0.3) is 0 Å². The van der Waals surface area contributed by atoms with Crippen LogP contribution in [0.25, 0.3) is 11.4 Å². The maximum atomic E-state index is 13.1. The van der Waals surface area contributed by atoms with Gasteiger partial charge in [0.05, 0.1) is 22.6 Å². The van der Waals surface area contributed by atoms with Crippen molar-refractivity contribution >= 4 is 17.2 Å². The van der Waals surface area contributed by atoms with Crippen LogP contribution >= 0.6 is 0 Å². The number of carbonyl (C=O) groups excluding carboxylic acids is 1. The Morgan fingerprint density at radius 2 is 1.97 bits per heavy atom. The van der Waals surface area contributed by atoms with E-state index in [4.69, 9.17) is 11.5 Å². The Kier molecular flexibility index (Phi) is 6.28. The van der Waals surface area contributed by atoms with Gasteiger partial charge in [0.1, 0.15) is 5.69 Å². The number of nitrogen functional groups attached to an aromatic ring is 1. The minimum Gasteiger partial charge on any atom is -0.397 e. The second-order valence-corrected chi connectivity index (χ2v) is 8.01. The summed E-state index contributed by atoms with van der Waals surface area (Å²) in [6, 6.07) is 6.57. The lowest BCUT2D eigenvalue weighted by molar-refractivity contribution is -0.137. The maximum absolute atomic E-state index is 13.1. The third-order valence-corrected chi connectivity index (χ3v) is 5.57. The highest BCUT2D eigenvalue weighted by Crippen LogP contribution is 2.31. The van der Waals surface area contributed by atoms with Crippen LogP contribution in [0.3, 0.4) is 0 Å². The number of halogens is 3. The van der Waals surface area contributed by atoms with E-state index in [9.17, 15) is 18.0 Å². The number of anilines is 2. The van der Waals surface area contributed by atoms with Crippen LogP contribution in [-0.2, 0) is 12.6 Å². The number of nitrogens with two attached hydrogens (primary N) is 2. The summed E-state index contributed by atoms with van der Waals surface area (Å²) >= 11 is 0. The lowest BCUT2D eigenvalue weighted by Gasteiger charge is -2.33. The molecule has 1 fully saturated rings. The zero-order valence-corrected chi connectivity index (χ0v) is 17.7. The second kappa shape index (κ2) is 9.14. The molecule has 0 aliphatic carbocycles. The van der Waals surface area contributed by atoms with Crippen LogP contribution in [0.1, 0.15) is 34.5 Å². The van der Waals surface area contributed by atoms with Crippen molar-refractivity contribution in [2.24, 2.45) is 5.73 Å². The highest BCUT2D eigenvalue weighted by molar-refractivity contribution is 6.01. The SMILES string of the molecule is Nc1ccc(-c2cc(C(F)(F)F)ccn2)nc1C(=O)Cc1cnccc1N1CCC[C@H](N)C1. The molecule has 0 aromatic carbocycles. The fourth-order valence-electron chi connectivity index (χ4n) is 3.93. The van der Waals surface area contributed by atoms with Crippen LogP contribution in [0.2, 0.25) is 0 Å². The van der Waals surface area contributed by atoms with Crippen molar-refractivity contribution in [3.63, 3.8) is 0 Å². The van der Waals surface area contributed by atoms with Gasteiger partial charge in [-0.2, -0.15) is 13.2 Å². The number of hydrogen-bond acceptors (Lipinski definition) is 7. The summed E-state index contributed by atoms with van der Waals surface area (Å²) in [5.74, 6) is -0.364. The molecular weight excluding hydrogens is 433 g/mol. The fourth-order valence-corrected chi connectivity index (χ4v) is 3.93. The average Bonchev–Trinajstić information content (AvgIpc) is 2.79. The van der Waals surface area contributed by atoms with E-state index < -0.39 is 11.7 Å². The first-order chi connectivity index (χ1) is 15.7. The molecule has 33 heavy (non-hydrogen) atoms. The summed E-state index contributed by atoms with van der Waals surface area (Å²) in [6.45, 7) is 1.51. The van der Waals surface area contributed by atoms with Gasteiger partial charge in [0, 0.05) is 55.4 Å². The van der Waals surface area contributed by atoms with Gasteiger partial charge in [-0.3, -0.25) is 14.8 Å². The number of nitrogens with zero attached hydrogens (tertiary/aromatic N) is 4. The van der Waals surface area contributed by atoms with Crippen LogP contribution in [0.4, 0.5) is 24.5 Å². The number of pyridine rings is 3.